The van der Waals surface area contributed by atoms with Gasteiger partial charge in [0, 0.05) is 7.11 Å². The van der Waals surface area contributed by atoms with Crippen molar-refractivity contribution in [1.29, 1.82) is 0 Å². The Kier molecular flexibility index (Phi) is 4.60. The van der Waals surface area contributed by atoms with Gasteiger partial charge in [-0.15, -0.1) is 0 Å². The van der Waals surface area contributed by atoms with E-state index in [1.165, 1.54) is 21.3 Å². The Balaban J connectivity index is 3.24. The summed E-state index contributed by atoms with van der Waals surface area (Å²) in [5.41, 5.74) is 0.675. The number of benzene rings is 1. The van der Waals surface area contributed by atoms with Crippen molar-refractivity contribution in [3.05, 3.63) is 17.7 Å². The first-order valence-corrected chi connectivity index (χ1v) is 5.20. The van der Waals surface area contributed by atoms with Crippen LogP contribution >= 0.6 is 0 Å². The zero-order valence-electron chi connectivity index (χ0n) is 10.4. The molecule has 0 aliphatic rings. The summed E-state index contributed by atoms with van der Waals surface area (Å²) in [4.78, 5) is 0. The molecule has 0 bridgehead atoms. The van der Waals surface area contributed by atoms with E-state index in [2.05, 4.69) is 0 Å². The summed E-state index contributed by atoms with van der Waals surface area (Å²) in [5, 5.41) is 19.3. The van der Waals surface area contributed by atoms with E-state index in [1.807, 2.05) is 0 Å². The molecule has 1 rings (SSSR count). The SMILES string of the molecule is COc1cc([C@H](OC)[C@H](C)O)cc(OC)c1O. The fourth-order valence-corrected chi connectivity index (χ4v) is 1.69. The highest BCUT2D eigenvalue weighted by Gasteiger charge is 2.21. The van der Waals surface area contributed by atoms with E-state index in [9.17, 15) is 10.2 Å². The van der Waals surface area contributed by atoms with Gasteiger partial charge >= 0.3 is 0 Å². The maximum atomic E-state index is 9.75. The molecule has 0 heterocycles. The van der Waals surface area contributed by atoms with Gasteiger partial charge in [-0.3, -0.25) is 0 Å². The second-order valence-electron chi connectivity index (χ2n) is 3.67. The molecule has 96 valence electrons. The average molecular weight is 242 g/mol. The molecule has 0 spiro atoms. The van der Waals surface area contributed by atoms with Crippen LogP contribution in [-0.2, 0) is 4.74 Å². The van der Waals surface area contributed by atoms with Crippen LogP contribution in [0.15, 0.2) is 12.1 Å². The van der Waals surface area contributed by atoms with Gasteiger partial charge in [0.05, 0.1) is 20.3 Å². The van der Waals surface area contributed by atoms with E-state index >= 15 is 0 Å². The molecule has 17 heavy (non-hydrogen) atoms. The van der Waals surface area contributed by atoms with E-state index in [4.69, 9.17) is 14.2 Å². The lowest BCUT2D eigenvalue weighted by Crippen LogP contribution is -2.16. The molecule has 1 aromatic rings. The summed E-state index contributed by atoms with van der Waals surface area (Å²) in [5.74, 6) is 0.489. The summed E-state index contributed by atoms with van der Waals surface area (Å²) in [6.07, 6.45) is -1.18. The predicted molar refractivity (Wildman–Crippen MR) is 62.6 cm³/mol. The highest BCUT2D eigenvalue weighted by atomic mass is 16.5. The molecule has 0 aliphatic carbocycles. The van der Waals surface area contributed by atoms with E-state index in [0.29, 0.717) is 5.56 Å². The van der Waals surface area contributed by atoms with Gasteiger partial charge in [0.25, 0.3) is 0 Å². The van der Waals surface area contributed by atoms with Crippen molar-refractivity contribution >= 4 is 0 Å². The molecule has 2 N–H and O–H groups in total. The van der Waals surface area contributed by atoms with Gasteiger partial charge in [-0.1, -0.05) is 0 Å². The first kappa shape index (κ1) is 13.6. The Morgan fingerprint density at radius 1 is 1.06 bits per heavy atom. The molecule has 0 saturated heterocycles. The van der Waals surface area contributed by atoms with Gasteiger partial charge in [0.2, 0.25) is 5.75 Å². The van der Waals surface area contributed by atoms with Crippen molar-refractivity contribution in [2.75, 3.05) is 21.3 Å². The smallest absolute Gasteiger partial charge is 0.200 e. The normalized spacial score (nSPS) is 14.2. The van der Waals surface area contributed by atoms with Crippen LogP contribution in [0, 0.1) is 0 Å². The van der Waals surface area contributed by atoms with Crippen LogP contribution in [-0.4, -0.2) is 37.6 Å². The number of rotatable bonds is 5. The fraction of sp³-hybridized carbons (Fsp3) is 0.500. The van der Waals surface area contributed by atoms with E-state index in [1.54, 1.807) is 19.1 Å². The molecular weight excluding hydrogens is 224 g/mol. The van der Waals surface area contributed by atoms with Crippen molar-refractivity contribution < 1.29 is 24.4 Å². The van der Waals surface area contributed by atoms with Gasteiger partial charge in [0.1, 0.15) is 6.10 Å². The van der Waals surface area contributed by atoms with Crippen molar-refractivity contribution in [3.63, 3.8) is 0 Å². The van der Waals surface area contributed by atoms with Crippen molar-refractivity contribution in [2.45, 2.75) is 19.1 Å². The molecule has 0 amide bonds. The highest BCUT2D eigenvalue weighted by molar-refractivity contribution is 5.53. The Bertz CT molecular complexity index is 350. The minimum Gasteiger partial charge on any atom is -0.502 e. The maximum absolute atomic E-state index is 9.75. The first-order chi connectivity index (χ1) is 8.04. The van der Waals surface area contributed by atoms with Crippen molar-refractivity contribution in [2.24, 2.45) is 0 Å². The lowest BCUT2D eigenvalue weighted by atomic mass is 10.0. The highest BCUT2D eigenvalue weighted by Crippen LogP contribution is 2.39. The van der Waals surface area contributed by atoms with Gasteiger partial charge in [0.15, 0.2) is 11.5 Å². The Morgan fingerprint density at radius 2 is 1.53 bits per heavy atom. The van der Waals surface area contributed by atoms with Crippen LogP contribution in [0.25, 0.3) is 0 Å². The Hall–Kier alpha value is -1.46. The van der Waals surface area contributed by atoms with Gasteiger partial charge in [-0.05, 0) is 24.6 Å². The molecule has 1 aromatic carbocycles. The molecule has 0 saturated carbocycles. The number of hydrogen-bond acceptors (Lipinski definition) is 5. The number of aromatic hydroxyl groups is 1. The van der Waals surface area contributed by atoms with Gasteiger partial charge in [-0.25, -0.2) is 0 Å². The van der Waals surface area contributed by atoms with Crippen LogP contribution in [0.5, 0.6) is 17.2 Å². The molecule has 2 atom stereocenters. The standard InChI is InChI=1S/C12H18O5/c1-7(13)12(17-4)8-5-9(15-2)11(14)10(6-8)16-3/h5-7,12-14H,1-4H3/t7-,12+/m0/s1. The lowest BCUT2D eigenvalue weighted by Gasteiger charge is -2.20. The van der Waals surface area contributed by atoms with Crippen LogP contribution in [0.1, 0.15) is 18.6 Å². The molecule has 0 aliphatic heterocycles. The predicted octanol–water partition coefficient (Wildman–Crippen LogP) is 1.48. The minimum atomic E-state index is -0.682. The minimum absolute atomic E-state index is 0.0702. The molecule has 0 fully saturated rings. The molecule has 0 unspecified atom stereocenters. The largest absolute Gasteiger partial charge is 0.502 e. The van der Waals surface area contributed by atoms with Crippen LogP contribution in [0.4, 0.5) is 0 Å². The molecule has 5 heteroatoms. The zero-order valence-corrected chi connectivity index (χ0v) is 10.4. The third-order valence-electron chi connectivity index (χ3n) is 2.52. The quantitative estimate of drug-likeness (QED) is 0.818. The van der Waals surface area contributed by atoms with Crippen LogP contribution < -0.4 is 9.47 Å². The third kappa shape index (κ3) is 2.81. The summed E-state index contributed by atoms with van der Waals surface area (Å²) in [6.45, 7) is 1.62. The molecule has 0 aromatic heterocycles. The number of aliphatic hydroxyl groups is 1. The summed E-state index contributed by atoms with van der Waals surface area (Å²) < 4.78 is 15.3. The zero-order chi connectivity index (χ0) is 13.0. The van der Waals surface area contributed by atoms with Crippen LogP contribution in [0.2, 0.25) is 0 Å². The molecule has 5 nitrogen and oxygen atoms in total. The van der Waals surface area contributed by atoms with Crippen molar-refractivity contribution in [1.82, 2.24) is 0 Å². The van der Waals surface area contributed by atoms with E-state index in [0.717, 1.165) is 0 Å². The number of hydrogen-bond donors (Lipinski definition) is 2. The maximum Gasteiger partial charge on any atom is 0.200 e. The molecule has 0 radical (unpaired) electrons. The number of aliphatic hydroxyl groups excluding tert-OH is 1. The van der Waals surface area contributed by atoms with Gasteiger partial charge < -0.3 is 24.4 Å². The van der Waals surface area contributed by atoms with Crippen molar-refractivity contribution in [3.8, 4) is 17.2 Å². The Labute approximate surface area is 101 Å². The summed E-state index contributed by atoms with van der Waals surface area (Å²) in [7, 11) is 4.40. The Morgan fingerprint density at radius 3 is 1.82 bits per heavy atom. The third-order valence-corrected chi connectivity index (χ3v) is 2.52. The van der Waals surface area contributed by atoms with E-state index < -0.39 is 12.2 Å². The van der Waals surface area contributed by atoms with E-state index in [-0.39, 0.29) is 17.2 Å². The van der Waals surface area contributed by atoms with Crippen LogP contribution in [0.3, 0.4) is 0 Å². The summed E-state index contributed by atoms with van der Waals surface area (Å²) in [6, 6.07) is 3.22. The number of phenols is 1. The molecular formula is C12H18O5. The monoisotopic (exact) mass is 242 g/mol. The second kappa shape index (κ2) is 5.75. The second-order valence-corrected chi connectivity index (χ2v) is 3.67. The summed E-state index contributed by atoms with van der Waals surface area (Å²) >= 11 is 0. The first-order valence-electron chi connectivity index (χ1n) is 5.20. The average Bonchev–Trinajstić information content (AvgIpc) is 2.31. The number of methoxy groups -OCH3 is 3. The number of ether oxygens (including phenoxy) is 3. The number of phenolic OH excluding ortho intramolecular Hbond substituents is 1. The topological polar surface area (TPSA) is 68.2 Å². The van der Waals surface area contributed by atoms with Gasteiger partial charge in [-0.2, -0.15) is 0 Å². The lowest BCUT2D eigenvalue weighted by molar-refractivity contribution is -0.00370. The fourth-order valence-electron chi connectivity index (χ4n) is 1.69.